The van der Waals surface area contributed by atoms with Gasteiger partial charge in [-0.15, -0.1) is 11.3 Å². The van der Waals surface area contributed by atoms with E-state index in [0.717, 1.165) is 14.9 Å². The minimum Gasteiger partial charge on any atom is -0.314 e. The Bertz CT molecular complexity index is 330. The van der Waals surface area contributed by atoms with E-state index in [2.05, 4.69) is 27.3 Å². The fourth-order valence-electron chi connectivity index (χ4n) is 1.89. The molecule has 1 saturated carbocycles. The quantitative estimate of drug-likeness (QED) is 0.657. The van der Waals surface area contributed by atoms with Crippen LogP contribution in [0.3, 0.4) is 0 Å². The zero-order valence-corrected chi connectivity index (χ0v) is 13.1. The van der Waals surface area contributed by atoms with E-state index in [1.54, 1.807) is 11.3 Å². The van der Waals surface area contributed by atoms with Crippen molar-refractivity contribution in [1.29, 1.82) is 0 Å². The van der Waals surface area contributed by atoms with Crippen LogP contribution in [0, 0.1) is 0 Å². The van der Waals surface area contributed by atoms with Crippen LogP contribution in [0.5, 0.6) is 0 Å². The third-order valence-electron chi connectivity index (χ3n) is 3.06. The summed E-state index contributed by atoms with van der Waals surface area (Å²) in [4.78, 5) is 1.40. The molecule has 0 aliphatic heterocycles. The fraction of sp³-hybridized carbons (Fsp3) is 0.692. The predicted molar refractivity (Wildman–Crippen MR) is 80.2 cm³/mol. The Hall–Kier alpha value is 0.430. The van der Waals surface area contributed by atoms with Gasteiger partial charge in [0.25, 0.3) is 0 Å². The summed E-state index contributed by atoms with van der Waals surface area (Å²) >= 11 is 11.2. The standard InChI is InChI=1S/C13H19BrClNS/c14-13-12(15)9-11(17-13)5-3-1-2-4-8-16-10-6-7-10/h9-10,16H,1-8H2. The average molecular weight is 337 g/mol. The highest BCUT2D eigenvalue weighted by Gasteiger charge is 2.19. The Balaban J connectivity index is 1.47. The summed E-state index contributed by atoms with van der Waals surface area (Å²) in [6.45, 7) is 1.21. The summed E-state index contributed by atoms with van der Waals surface area (Å²) in [7, 11) is 0. The molecule has 0 aromatic carbocycles. The van der Waals surface area contributed by atoms with Gasteiger partial charge in [0.05, 0.1) is 8.81 Å². The topological polar surface area (TPSA) is 12.0 Å². The van der Waals surface area contributed by atoms with Crippen LogP contribution in [0.4, 0.5) is 0 Å². The summed E-state index contributed by atoms with van der Waals surface area (Å²) in [5.41, 5.74) is 0. The molecule has 1 fully saturated rings. The molecule has 1 aromatic heterocycles. The zero-order chi connectivity index (χ0) is 12.1. The molecular formula is C13H19BrClNS. The van der Waals surface area contributed by atoms with Gasteiger partial charge in [-0.2, -0.15) is 0 Å². The largest absolute Gasteiger partial charge is 0.314 e. The van der Waals surface area contributed by atoms with Crippen molar-refractivity contribution in [2.24, 2.45) is 0 Å². The maximum atomic E-state index is 6.00. The molecule has 1 nitrogen and oxygen atoms in total. The van der Waals surface area contributed by atoms with Crippen molar-refractivity contribution in [3.63, 3.8) is 0 Å². The summed E-state index contributed by atoms with van der Waals surface area (Å²) in [5, 5.41) is 4.41. The Labute approximate surface area is 121 Å². The summed E-state index contributed by atoms with van der Waals surface area (Å²) in [6.07, 6.45) is 9.26. The lowest BCUT2D eigenvalue weighted by Crippen LogP contribution is -2.17. The summed E-state index contributed by atoms with van der Waals surface area (Å²) in [6, 6.07) is 2.95. The molecule has 17 heavy (non-hydrogen) atoms. The SMILES string of the molecule is Clc1cc(CCCCCCNC2CC2)sc1Br. The lowest BCUT2D eigenvalue weighted by Gasteiger charge is -2.02. The highest BCUT2D eigenvalue weighted by atomic mass is 79.9. The Morgan fingerprint density at radius 2 is 2.06 bits per heavy atom. The van der Waals surface area contributed by atoms with E-state index in [4.69, 9.17) is 11.6 Å². The van der Waals surface area contributed by atoms with E-state index in [-0.39, 0.29) is 0 Å². The van der Waals surface area contributed by atoms with Crippen molar-refractivity contribution in [1.82, 2.24) is 5.32 Å². The highest BCUT2D eigenvalue weighted by molar-refractivity contribution is 9.11. The van der Waals surface area contributed by atoms with Crippen LogP contribution in [0.1, 0.15) is 43.4 Å². The van der Waals surface area contributed by atoms with Crippen LogP contribution >= 0.6 is 38.9 Å². The maximum Gasteiger partial charge on any atom is 0.0887 e. The van der Waals surface area contributed by atoms with Crippen LogP contribution in [-0.2, 0) is 6.42 Å². The lowest BCUT2D eigenvalue weighted by molar-refractivity contribution is 0.586. The first-order valence-corrected chi connectivity index (χ1v) is 8.41. The third-order valence-corrected chi connectivity index (χ3v) is 5.59. The molecule has 1 heterocycles. The highest BCUT2D eigenvalue weighted by Crippen LogP contribution is 2.32. The molecule has 0 radical (unpaired) electrons. The number of thiophene rings is 1. The number of rotatable bonds is 8. The molecular weight excluding hydrogens is 318 g/mol. The van der Waals surface area contributed by atoms with Gasteiger partial charge in [0, 0.05) is 10.9 Å². The Kier molecular flexibility index (Phi) is 5.81. The van der Waals surface area contributed by atoms with Crippen molar-refractivity contribution in [2.45, 2.75) is 51.0 Å². The molecule has 0 unspecified atom stereocenters. The lowest BCUT2D eigenvalue weighted by atomic mass is 10.1. The van der Waals surface area contributed by atoms with Gasteiger partial charge in [-0.05, 0) is 60.6 Å². The second kappa shape index (κ2) is 7.13. The third kappa shape index (κ3) is 5.29. The number of aryl methyl sites for hydroxylation is 1. The van der Waals surface area contributed by atoms with Crippen molar-refractivity contribution in [3.8, 4) is 0 Å². The molecule has 2 rings (SSSR count). The fourth-order valence-corrected chi connectivity index (χ4v) is 3.75. The smallest absolute Gasteiger partial charge is 0.0887 e. The minimum atomic E-state index is 0.860. The molecule has 1 aromatic rings. The van der Waals surface area contributed by atoms with Gasteiger partial charge in [-0.3, -0.25) is 0 Å². The van der Waals surface area contributed by atoms with Crippen molar-refractivity contribution in [3.05, 3.63) is 19.8 Å². The van der Waals surface area contributed by atoms with E-state index in [1.807, 2.05) is 0 Å². The van der Waals surface area contributed by atoms with Gasteiger partial charge >= 0.3 is 0 Å². The van der Waals surface area contributed by atoms with Crippen molar-refractivity contribution < 1.29 is 0 Å². The first-order chi connectivity index (χ1) is 8.25. The summed E-state index contributed by atoms with van der Waals surface area (Å²) in [5.74, 6) is 0. The average Bonchev–Trinajstić information content (AvgIpc) is 3.06. The van der Waals surface area contributed by atoms with E-state index in [0.29, 0.717) is 0 Å². The Morgan fingerprint density at radius 3 is 2.71 bits per heavy atom. The normalized spacial score (nSPS) is 15.4. The maximum absolute atomic E-state index is 6.00. The minimum absolute atomic E-state index is 0.860. The summed E-state index contributed by atoms with van der Waals surface area (Å²) < 4.78 is 1.07. The molecule has 0 bridgehead atoms. The first-order valence-electron chi connectivity index (χ1n) is 6.43. The van der Waals surface area contributed by atoms with E-state index >= 15 is 0 Å². The number of hydrogen-bond donors (Lipinski definition) is 1. The van der Waals surface area contributed by atoms with Gasteiger partial charge < -0.3 is 5.32 Å². The monoisotopic (exact) mass is 335 g/mol. The number of nitrogens with one attached hydrogen (secondary N) is 1. The van der Waals surface area contributed by atoms with E-state index < -0.39 is 0 Å². The second-order valence-electron chi connectivity index (χ2n) is 4.73. The molecule has 0 saturated heterocycles. The van der Waals surface area contributed by atoms with Gasteiger partial charge in [-0.1, -0.05) is 24.4 Å². The van der Waals surface area contributed by atoms with Crippen molar-refractivity contribution in [2.75, 3.05) is 6.54 Å². The predicted octanol–water partition coefficient (Wildman–Crippen LogP) is 5.02. The first kappa shape index (κ1) is 13.9. The second-order valence-corrected chi connectivity index (χ2v) is 7.59. The molecule has 1 N–H and O–H groups in total. The van der Waals surface area contributed by atoms with Crippen LogP contribution in [0.15, 0.2) is 9.85 Å². The van der Waals surface area contributed by atoms with Crippen LogP contribution in [-0.4, -0.2) is 12.6 Å². The van der Waals surface area contributed by atoms with Crippen molar-refractivity contribution >= 4 is 38.9 Å². The van der Waals surface area contributed by atoms with Crippen LogP contribution in [0.2, 0.25) is 5.02 Å². The molecule has 0 spiro atoms. The molecule has 4 heteroatoms. The molecule has 1 aliphatic carbocycles. The van der Waals surface area contributed by atoms with Crippen LogP contribution in [0.25, 0.3) is 0 Å². The number of halogens is 2. The van der Waals surface area contributed by atoms with Gasteiger partial charge in [0.1, 0.15) is 0 Å². The molecule has 0 amide bonds. The molecule has 96 valence electrons. The Morgan fingerprint density at radius 1 is 1.29 bits per heavy atom. The zero-order valence-electron chi connectivity index (χ0n) is 9.98. The van der Waals surface area contributed by atoms with E-state index in [9.17, 15) is 0 Å². The molecule has 0 atom stereocenters. The van der Waals surface area contributed by atoms with Gasteiger partial charge in [-0.25, -0.2) is 0 Å². The van der Waals surface area contributed by atoms with Gasteiger partial charge in [0.15, 0.2) is 0 Å². The van der Waals surface area contributed by atoms with Crippen LogP contribution < -0.4 is 5.32 Å². The molecule has 1 aliphatic rings. The van der Waals surface area contributed by atoms with E-state index in [1.165, 1.54) is 56.4 Å². The van der Waals surface area contributed by atoms with Gasteiger partial charge in [0.2, 0.25) is 0 Å². The number of hydrogen-bond acceptors (Lipinski definition) is 2. The number of unbranched alkanes of at least 4 members (excludes halogenated alkanes) is 3.